The van der Waals surface area contributed by atoms with Gasteiger partial charge in [-0.25, -0.2) is 29.3 Å². The van der Waals surface area contributed by atoms with Crippen LogP contribution in [0.2, 0.25) is 0 Å². The Bertz CT molecular complexity index is 1270. The van der Waals surface area contributed by atoms with Crippen LogP contribution in [0.15, 0.2) is 0 Å². The van der Waals surface area contributed by atoms with Crippen LogP contribution >= 0.6 is 0 Å². The van der Waals surface area contributed by atoms with Crippen molar-refractivity contribution in [1.82, 2.24) is 0 Å². The first-order valence-electron chi connectivity index (χ1n) is 31.3. The fraction of sp³-hybridized carbons (Fsp3) is 0.950. The molecule has 3 aliphatic rings. The summed E-state index contributed by atoms with van der Waals surface area (Å²) < 4.78 is 34.6. The lowest BCUT2D eigenvalue weighted by molar-refractivity contribution is -0.298. The lowest BCUT2D eigenvalue weighted by Gasteiger charge is -2.18. The number of carbonyl (C=O) groups is 3. The van der Waals surface area contributed by atoms with E-state index in [0.29, 0.717) is 19.3 Å². The first-order chi connectivity index (χ1) is 36.9. The number of carbonyl (C=O) groups excluding carboxylic acids is 3. The highest BCUT2D eigenvalue weighted by atomic mass is 17.3. The summed E-state index contributed by atoms with van der Waals surface area (Å²) in [7, 11) is 0. The van der Waals surface area contributed by atoms with Gasteiger partial charge < -0.3 is 28.4 Å². The Hall–Kier alpha value is -1.95. The van der Waals surface area contributed by atoms with Crippen molar-refractivity contribution >= 4 is 17.9 Å². The van der Waals surface area contributed by atoms with Gasteiger partial charge in [0.2, 0.25) is 0 Å². The van der Waals surface area contributed by atoms with Crippen molar-refractivity contribution < 1.29 is 72.1 Å². The number of rotatable bonds is 53. The third kappa shape index (κ3) is 38.3. The summed E-state index contributed by atoms with van der Waals surface area (Å²) in [5.74, 6) is -1.11. The van der Waals surface area contributed by atoms with Gasteiger partial charge >= 0.3 is 17.9 Å². The molecule has 15 heteroatoms. The fourth-order valence-electron chi connectivity index (χ4n) is 9.73. The number of ether oxygens (including phenoxy) is 6. The molecule has 0 aromatic heterocycles. The van der Waals surface area contributed by atoms with Crippen LogP contribution in [0.5, 0.6) is 0 Å². The molecule has 440 valence electrons. The van der Waals surface area contributed by atoms with Crippen molar-refractivity contribution in [2.24, 2.45) is 0 Å². The summed E-state index contributed by atoms with van der Waals surface area (Å²) in [4.78, 5) is 71.0. The Morgan fingerprint density at radius 1 is 0.293 bits per heavy atom. The predicted molar refractivity (Wildman–Crippen MR) is 289 cm³/mol. The van der Waals surface area contributed by atoms with Gasteiger partial charge in [0.25, 0.3) is 0 Å². The molecule has 6 unspecified atom stereocenters. The maximum absolute atomic E-state index is 13.0. The average molecular weight is 1070 g/mol. The van der Waals surface area contributed by atoms with Gasteiger partial charge in [-0.3, -0.25) is 14.4 Å². The van der Waals surface area contributed by atoms with Gasteiger partial charge in [-0.1, -0.05) is 194 Å². The van der Waals surface area contributed by atoms with E-state index in [1.54, 1.807) is 0 Å². The molecule has 3 fully saturated rings. The SMILES string of the molecule is CCCCCCCCCC1OOC(CCCCCCCC(=O)OCC(COC(=O)CCCCCCCC2OOC(CCCCCCCCC)O2)OC(=O)CCCCCCCC2OOC(CCCCCCCCC)O2)O1. The van der Waals surface area contributed by atoms with Gasteiger partial charge in [0.05, 0.1) is 0 Å². The van der Waals surface area contributed by atoms with E-state index >= 15 is 0 Å². The van der Waals surface area contributed by atoms with E-state index in [4.69, 9.17) is 57.7 Å². The highest BCUT2D eigenvalue weighted by molar-refractivity contribution is 5.71. The van der Waals surface area contributed by atoms with E-state index in [1.165, 1.54) is 116 Å². The molecule has 0 radical (unpaired) electrons. The van der Waals surface area contributed by atoms with Crippen molar-refractivity contribution in [1.29, 1.82) is 0 Å². The van der Waals surface area contributed by atoms with Gasteiger partial charge in [-0.2, -0.15) is 0 Å². The molecule has 0 aromatic rings. The summed E-state index contributed by atoms with van der Waals surface area (Å²) >= 11 is 0. The van der Waals surface area contributed by atoms with Crippen LogP contribution in [0.1, 0.15) is 310 Å². The van der Waals surface area contributed by atoms with Crippen LogP contribution < -0.4 is 0 Å². The molecule has 0 N–H and O–H groups in total. The molecular weight excluding hydrogens is 961 g/mol. The minimum atomic E-state index is -0.869. The van der Waals surface area contributed by atoms with Crippen LogP contribution in [0.3, 0.4) is 0 Å². The van der Waals surface area contributed by atoms with Gasteiger partial charge in [-0.05, 0) is 57.8 Å². The Balaban J connectivity index is 1.25. The normalized spacial score (nSPS) is 21.0. The number of hydrogen-bond acceptors (Lipinski definition) is 15. The third-order valence-corrected chi connectivity index (χ3v) is 14.5. The maximum atomic E-state index is 13.0. The molecule has 0 saturated carbocycles. The van der Waals surface area contributed by atoms with Crippen LogP contribution in [0.25, 0.3) is 0 Å². The molecule has 3 heterocycles. The zero-order valence-corrected chi connectivity index (χ0v) is 47.9. The fourth-order valence-corrected chi connectivity index (χ4v) is 9.73. The van der Waals surface area contributed by atoms with Crippen molar-refractivity contribution in [3.8, 4) is 0 Å². The maximum Gasteiger partial charge on any atom is 0.306 e. The van der Waals surface area contributed by atoms with Crippen molar-refractivity contribution in [2.75, 3.05) is 13.2 Å². The molecule has 3 rings (SSSR count). The van der Waals surface area contributed by atoms with E-state index in [1.807, 2.05) is 0 Å². The molecule has 0 aliphatic carbocycles. The van der Waals surface area contributed by atoms with Crippen LogP contribution in [-0.4, -0.2) is 75.0 Å². The second kappa shape index (κ2) is 48.0. The van der Waals surface area contributed by atoms with Crippen LogP contribution in [0, 0.1) is 0 Å². The van der Waals surface area contributed by atoms with Crippen LogP contribution in [-0.2, 0) is 72.1 Å². The van der Waals surface area contributed by atoms with E-state index in [0.717, 1.165) is 135 Å². The second-order valence-electron chi connectivity index (χ2n) is 21.7. The number of hydrogen-bond donors (Lipinski definition) is 0. The Labute approximate surface area is 455 Å². The average Bonchev–Trinajstić information content (AvgIpc) is 4.20. The van der Waals surface area contributed by atoms with Gasteiger partial charge in [-0.15, -0.1) is 0 Å². The minimum Gasteiger partial charge on any atom is -0.462 e. The monoisotopic (exact) mass is 1070 g/mol. The Morgan fingerprint density at radius 3 is 0.760 bits per heavy atom. The summed E-state index contributed by atoms with van der Waals surface area (Å²) in [6.45, 7) is 6.40. The lowest BCUT2D eigenvalue weighted by atomic mass is 10.1. The molecule has 0 bridgehead atoms. The molecule has 0 amide bonds. The van der Waals surface area contributed by atoms with Crippen molar-refractivity contribution in [2.45, 2.75) is 354 Å². The number of esters is 3. The Kier molecular flexibility index (Phi) is 43.1. The predicted octanol–water partition coefficient (Wildman–Crippen LogP) is 16.5. The highest BCUT2D eigenvalue weighted by Gasteiger charge is 2.29. The first kappa shape index (κ1) is 67.3. The van der Waals surface area contributed by atoms with E-state index in [-0.39, 0.29) is 82.2 Å². The van der Waals surface area contributed by atoms with Gasteiger partial charge in [0, 0.05) is 57.8 Å². The lowest BCUT2D eigenvalue weighted by Crippen LogP contribution is -2.30. The van der Waals surface area contributed by atoms with Gasteiger partial charge in [0.15, 0.2) is 43.8 Å². The van der Waals surface area contributed by atoms with E-state index in [2.05, 4.69) is 20.8 Å². The molecule has 3 aliphatic heterocycles. The van der Waals surface area contributed by atoms with E-state index < -0.39 is 12.1 Å². The molecule has 0 spiro atoms. The third-order valence-electron chi connectivity index (χ3n) is 14.5. The number of unbranched alkanes of at least 4 members (excludes halogenated alkanes) is 30. The smallest absolute Gasteiger partial charge is 0.306 e. The van der Waals surface area contributed by atoms with Gasteiger partial charge in [0.1, 0.15) is 13.2 Å². The zero-order chi connectivity index (χ0) is 53.5. The standard InChI is InChI=1S/C60H110O15/c1-4-7-10-13-16-25-34-43-55-67-58(73-70-55)46-37-28-19-22-31-40-52(61)64-49-51(66-54(63)42-33-24-21-30-39-48-60-69-57(72-75-60)45-36-27-18-15-12-9-6-3)50-65-53(62)41-32-23-20-29-38-47-59-68-56(71-74-59)44-35-26-17-14-11-8-5-2/h51,55-60H,4-50H2,1-3H3. The second-order valence-corrected chi connectivity index (χ2v) is 21.7. The molecule has 6 atom stereocenters. The first-order valence-corrected chi connectivity index (χ1v) is 31.3. The summed E-state index contributed by atoms with van der Waals surface area (Å²) in [5, 5.41) is 0. The summed E-state index contributed by atoms with van der Waals surface area (Å²) in [6.07, 6.45) is 42.9. The molecule has 3 saturated heterocycles. The zero-order valence-electron chi connectivity index (χ0n) is 47.9. The Morgan fingerprint density at radius 2 is 0.507 bits per heavy atom. The van der Waals surface area contributed by atoms with Crippen molar-refractivity contribution in [3.63, 3.8) is 0 Å². The molecule has 0 aromatic carbocycles. The highest BCUT2D eigenvalue weighted by Crippen LogP contribution is 2.26. The van der Waals surface area contributed by atoms with Crippen molar-refractivity contribution in [3.05, 3.63) is 0 Å². The quantitative estimate of drug-likeness (QED) is 0.0245. The van der Waals surface area contributed by atoms with Crippen LogP contribution in [0.4, 0.5) is 0 Å². The molecule has 15 nitrogen and oxygen atoms in total. The topological polar surface area (TPSA) is 162 Å². The summed E-state index contributed by atoms with van der Waals surface area (Å²) in [6, 6.07) is 0. The molecular formula is C60H110O15. The summed E-state index contributed by atoms with van der Waals surface area (Å²) in [5.41, 5.74) is 0. The largest absolute Gasteiger partial charge is 0.462 e. The minimum absolute atomic E-state index is 0.157. The van der Waals surface area contributed by atoms with E-state index in [9.17, 15) is 14.4 Å². The molecule has 75 heavy (non-hydrogen) atoms.